The molecule has 0 aliphatic carbocycles. The second-order valence-corrected chi connectivity index (χ2v) is 8.69. The first kappa shape index (κ1) is 18.8. The molecule has 1 aliphatic rings. The Bertz CT molecular complexity index is 590. The monoisotopic (exact) mass is 348 g/mol. The van der Waals surface area contributed by atoms with Crippen LogP contribution >= 0.6 is 11.8 Å². The number of carbonyl (C=O) groups is 2. The number of rotatable bonds is 5. The predicted octanol–water partition coefficient (Wildman–Crippen LogP) is 3.33. The van der Waals surface area contributed by atoms with Crippen molar-refractivity contribution in [2.45, 2.75) is 46.1 Å². The second-order valence-electron chi connectivity index (χ2n) is 7.73. The molecule has 1 saturated heterocycles. The van der Waals surface area contributed by atoms with Gasteiger partial charge < -0.3 is 10.2 Å². The van der Waals surface area contributed by atoms with E-state index in [-0.39, 0.29) is 35.7 Å². The standard InChI is InChI=1S/C19H28N2O2S/c1-13(2)18(14-6-8-15(9-7-14)19(3,4)5)20-16(22)10-21-12-24-11-17(21)23/h6-9,13,18H,10-12H2,1-5H3,(H,20,22). The number of amides is 2. The largest absolute Gasteiger partial charge is 0.347 e. The number of thioether (sulfide) groups is 1. The summed E-state index contributed by atoms with van der Waals surface area (Å²) >= 11 is 1.55. The van der Waals surface area contributed by atoms with Gasteiger partial charge in [-0.3, -0.25) is 9.59 Å². The zero-order valence-corrected chi connectivity index (χ0v) is 16.1. The maximum atomic E-state index is 12.3. The Morgan fingerprint density at radius 1 is 1.25 bits per heavy atom. The van der Waals surface area contributed by atoms with Crippen LogP contribution in [0.3, 0.4) is 0 Å². The van der Waals surface area contributed by atoms with Crippen molar-refractivity contribution < 1.29 is 9.59 Å². The summed E-state index contributed by atoms with van der Waals surface area (Å²) in [5.74, 6) is 1.32. The smallest absolute Gasteiger partial charge is 0.240 e. The van der Waals surface area contributed by atoms with Gasteiger partial charge in [0.15, 0.2) is 0 Å². The van der Waals surface area contributed by atoms with Crippen molar-refractivity contribution in [2.24, 2.45) is 5.92 Å². The van der Waals surface area contributed by atoms with Crippen LogP contribution in [0, 0.1) is 5.92 Å². The molecule has 24 heavy (non-hydrogen) atoms. The molecule has 1 aromatic rings. The Morgan fingerprint density at radius 2 is 1.88 bits per heavy atom. The van der Waals surface area contributed by atoms with Gasteiger partial charge in [0.2, 0.25) is 11.8 Å². The van der Waals surface area contributed by atoms with Crippen molar-refractivity contribution >= 4 is 23.6 Å². The molecule has 1 N–H and O–H groups in total. The first-order valence-corrected chi connectivity index (χ1v) is 9.59. The van der Waals surface area contributed by atoms with Crippen LogP contribution in [0.2, 0.25) is 0 Å². The van der Waals surface area contributed by atoms with Crippen molar-refractivity contribution in [1.29, 1.82) is 0 Å². The lowest BCUT2D eigenvalue weighted by Gasteiger charge is -2.26. The van der Waals surface area contributed by atoms with Gasteiger partial charge in [-0.1, -0.05) is 58.9 Å². The number of hydrogen-bond donors (Lipinski definition) is 1. The Labute approximate surface area is 149 Å². The fourth-order valence-corrected chi connectivity index (χ4v) is 3.66. The molecule has 0 bridgehead atoms. The average Bonchev–Trinajstić information content (AvgIpc) is 2.89. The van der Waals surface area contributed by atoms with E-state index in [4.69, 9.17) is 0 Å². The van der Waals surface area contributed by atoms with E-state index in [9.17, 15) is 9.59 Å². The van der Waals surface area contributed by atoms with Crippen LogP contribution in [-0.4, -0.2) is 34.9 Å². The topological polar surface area (TPSA) is 49.4 Å². The van der Waals surface area contributed by atoms with Gasteiger partial charge in [-0.25, -0.2) is 0 Å². The van der Waals surface area contributed by atoms with Crippen LogP contribution in [0.5, 0.6) is 0 Å². The number of benzene rings is 1. The predicted molar refractivity (Wildman–Crippen MR) is 99.9 cm³/mol. The quantitative estimate of drug-likeness (QED) is 0.888. The summed E-state index contributed by atoms with van der Waals surface area (Å²) in [5.41, 5.74) is 2.50. The molecule has 0 saturated carbocycles. The zero-order chi connectivity index (χ0) is 17.9. The van der Waals surface area contributed by atoms with Crippen molar-refractivity contribution in [2.75, 3.05) is 18.2 Å². The highest BCUT2D eigenvalue weighted by Crippen LogP contribution is 2.27. The summed E-state index contributed by atoms with van der Waals surface area (Å²) in [6.07, 6.45) is 0. The third-order valence-corrected chi connectivity index (χ3v) is 5.22. The Balaban J connectivity index is 2.06. The summed E-state index contributed by atoms with van der Waals surface area (Å²) in [7, 11) is 0. The number of hydrogen-bond acceptors (Lipinski definition) is 3. The second kappa shape index (κ2) is 7.60. The van der Waals surface area contributed by atoms with Gasteiger partial charge in [0, 0.05) is 0 Å². The van der Waals surface area contributed by atoms with Crippen LogP contribution in [0.1, 0.15) is 51.8 Å². The molecule has 0 aromatic heterocycles. The van der Waals surface area contributed by atoms with Gasteiger partial charge in [0.05, 0.1) is 17.7 Å². The number of carbonyl (C=O) groups excluding carboxylic acids is 2. The molecule has 0 spiro atoms. The minimum absolute atomic E-state index is 0.0446. The normalized spacial score (nSPS) is 16.6. The molecule has 2 rings (SSSR count). The molecule has 5 heteroatoms. The summed E-state index contributed by atoms with van der Waals surface area (Å²) in [6, 6.07) is 8.43. The van der Waals surface area contributed by atoms with Crippen LogP contribution in [-0.2, 0) is 15.0 Å². The lowest BCUT2D eigenvalue weighted by molar-refractivity contribution is -0.132. The minimum Gasteiger partial charge on any atom is -0.347 e. The fourth-order valence-electron chi connectivity index (χ4n) is 2.76. The number of nitrogens with one attached hydrogen (secondary N) is 1. The van der Waals surface area contributed by atoms with E-state index in [1.54, 1.807) is 16.7 Å². The molecular weight excluding hydrogens is 320 g/mol. The lowest BCUT2D eigenvalue weighted by Crippen LogP contribution is -2.40. The molecule has 0 radical (unpaired) electrons. The summed E-state index contributed by atoms with van der Waals surface area (Å²) in [4.78, 5) is 25.6. The fraction of sp³-hybridized carbons (Fsp3) is 0.579. The molecule has 4 nitrogen and oxygen atoms in total. The van der Waals surface area contributed by atoms with E-state index in [0.717, 1.165) is 5.56 Å². The third kappa shape index (κ3) is 4.76. The van der Waals surface area contributed by atoms with E-state index in [2.05, 4.69) is 64.2 Å². The van der Waals surface area contributed by atoms with Crippen LogP contribution in [0.4, 0.5) is 0 Å². The van der Waals surface area contributed by atoms with E-state index in [0.29, 0.717) is 11.6 Å². The van der Waals surface area contributed by atoms with Crippen molar-refractivity contribution in [3.05, 3.63) is 35.4 Å². The lowest BCUT2D eigenvalue weighted by atomic mass is 9.85. The van der Waals surface area contributed by atoms with Crippen LogP contribution in [0.25, 0.3) is 0 Å². The molecular formula is C19H28N2O2S. The van der Waals surface area contributed by atoms with Gasteiger partial charge in [-0.05, 0) is 22.5 Å². The van der Waals surface area contributed by atoms with E-state index in [1.807, 2.05) is 0 Å². The van der Waals surface area contributed by atoms with Crippen molar-refractivity contribution in [1.82, 2.24) is 10.2 Å². The van der Waals surface area contributed by atoms with Gasteiger partial charge in [0.25, 0.3) is 0 Å². The van der Waals surface area contributed by atoms with Gasteiger partial charge in [-0.2, -0.15) is 0 Å². The average molecular weight is 349 g/mol. The molecule has 1 aromatic carbocycles. The molecule has 1 unspecified atom stereocenters. The highest BCUT2D eigenvalue weighted by Gasteiger charge is 2.25. The van der Waals surface area contributed by atoms with E-state index < -0.39 is 0 Å². The van der Waals surface area contributed by atoms with Gasteiger partial charge in [-0.15, -0.1) is 11.8 Å². The van der Waals surface area contributed by atoms with Crippen molar-refractivity contribution in [3.8, 4) is 0 Å². The summed E-state index contributed by atoms with van der Waals surface area (Å²) in [5, 5.41) is 3.10. The molecule has 2 amide bonds. The van der Waals surface area contributed by atoms with Gasteiger partial charge >= 0.3 is 0 Å². The summed E-state index contributed by atoms with van der Waals surface area (Å²) in [6.45, 7) is 10.9. The van der Waals surface area contributed by atoms with Crippen molar-refractivity contribution in [3.63, 3.8) is 0 Å². The Morgan fingerprint density at radius 3 is 2.33 bits per heavy atom. The highest BCUT2D eigenvalue weighted by atomic mass is 32.2. The highest BCUT2D eigenvalue weighted by molar-refractivity contribution is 8.00. The molecule has 132 valence electrons. The third-order valence-electron chi connectivity index (χ3n) is 4.28. The maximum absolute atomic E-state index is 12.3. The minimum atomic E-state index is -0.0931. The Hall–Kier alpha value is -1.49. The summed E-state index contributed by atoms with van der Waals surface area (Å²) < 4.78 is 0. The molecule has 1 aliphatic heterocycles. The molecule has 1 heterocycles. The van der Waals surface area contributed by atoms with Crippen LogP contribution in [0.15, 0.2) is 24.3 Å². The number of nitrogens with zero attached hydrogens (tertiary/aromatic N) is 1. The molecule has 1 fully saturated rings. The molecule has 1 atom stereocenters. The first-order chi connectivity index (χ1) is 11.2. The SMILES string of the molecule is CC(C)C(NC(=O)CN1CSCC1=O)c1ccc(C(C)(C)C)cc1. The Kier molecular flexibility index (Phi) is 5.97. The van der Waals surface area contributed by atoms with Crippen LogP contribution < -0.4 is 5.32 Å². The maximum Gasteiger partial charge on any atom is 0.240 e. The first-order valence-electron chi connectivity index (χ1n) is 8.44. The van der Waals surface area contributed by atoms with E-state index in [1.165, 1.54) is 5.56 Å². The van der Waals surface area contributed by atoms with E-state index >= 15 is 0 Å². The van der Waals surface area contributed by atoms with Gasteiger partial charge in [0.1, 0.15) is 6.54 Å². The zero-order valence-electron chi connectivity index (χ0n) is 15.3.